The van der Waals surface area contributed by atoms with Crippen LogP contribution in [0.2, 0.25) is 0 Å². The second kappa shape index (κ2) is 17.0. The Bertz CT molecular complexity index is 2350. The van der Waals surface area contributed by atoms with E-state index in [2.05, 4.69) is 20.3 Å². The number of aromatic nitrogens is 3. The zero-order chi connectivity index (χ0) is 41.1. The fourth-order valence-corrected chi connectivity index (χ4v) is 9.85. The topological polar surface area (TPSA) is 199 Å². The standard InChI is InChI=1S/C42H47N7O8S2/c1-26-19-20-35(43-24-26)59(54,55)48-40(52)42-23-27(42)12-5-3-2-4-6-17-32(46-41(53)57-28-13-7-8-14-28)39(51)49-25-29(22-33(49)37(50)47-42)56-38-36(34-18-11-21-58-34)44-30-15-9-10-16-31(30)45-38/h5,9-12,15-16,18-21,24,27-29,32-33H,2-4,6-8,13-14,17,22-23,25H2,1H3,(H,46,53)(H,47,50)(H,48,52)/b12-5-/t27?,29-,32+,33+,42-/m1/s1. The summed E-state index contributed by atoms with van der Waals surface area (Å²) in [6.45, 7) is 1.72. The lowest BCUT2D eigenvalue weighted by Gasteiger charge is -2.30. The molecule has 8 rings (SSSR count). The molecule has 4 amide bonds. The normalized spacial score (nSPS) is 25.8. The van der Waals surface area contributed by atoms with Crippen LogP contribution in [0.1, 0.15) is 76.2 Å². The molecule has 4 aliphatic rings. The molecule has 2 aliphatic carbocycles. The monoisotopic (exact) mass is 841 g/mol. The van der Waals surface area contributed by atoms with Crippen molar-refractivity contribution in [1.29, 1.82) is 0 Å². The highest BCUT2D eigenvalue weighted by Gasteiger charge is 2.62. The summed E-state index contributed by atoms with van der Waals surface area (Å²) >= 11 is 1.47. The van der Waals surface area contributed by atoms with E-state index < -0.39 is 63.5 Å². The molecule has 17 heteroatoms. The minimum absolute atomic E-state index is 0.0129. The summed E-state index contributed by atoms with van der Waals surface area (Å²) in [5, 5.41) is 7.29. The van der Waals surface area contributed by atoms with E-state index in [0.29, 0.717) is 36.0 Å². The van der Waals surface area contributed by atoms with Crippen molar-refractivity contribution in [3.05, 3.63) is 77.8 Å². The molecule has 2 saturated carbocycles. The lowest BCUT2D eigenvalue weighted by Crippen LogP contribution is -2.58. The minimum Gasteiger partial charge on any atom is -0.471 e. The highest BCUT2D eigenvalue weighted by molar-refractivity contribution is 7.90. The molecule has 1 saturated heterocycles. The second-order valence-electron chi connectivity index (χ2n) is 15.8. The number of thiophene rings is 1. The quantitative estimate of drug-likeness (QED) is 0.193. The van der Waals surface area contributed by atoms with Gasteiger partial charge in [-0.05, 0) is 93.5 Å². The summed E-state index contributed by atoms with van der Waals surface area (Å²) in [6.07, 6.45) is 10.3. The Kier molecular flexibility index (Phi) is 11.7. The summed E-state index contributed by atoms with van der Waals surface area (Å²) in [4.78, 5) is 72.5. The van der Waals surface area contributed by atoms with Gasteiger partial charge in [-0.1, -0.05) is 49.3 Å². The van der Waals surface area contributed by atoms with Crippen molar-refractivity contribution < 1.29 is 37.1 Å². The summed E-state index contributed by atoms with van der Waals surface area (Å²) in [5.74, 6) is -2.32. The average Bonchev–Trinajstić information content (AvgIpc) is 3.71. The maximum Gasteiger partial charge on any atom is 0.408 e. The number of aryl methyl sites for hydroxylation is 1. The van der Waals surface area contributed by atoms with E-state index in [1.807, 2.05) is 53.9 Å². The predicted molar refractivity (Wildman–Crippen MR) is 219 cm³/mol. The van der Waals surface area contributed by atoms with Crippen LogP contribution in [0.25, 0.3) is 21.6 Å². The summed E-state index contributed by atoms with van der Waals surface area (Å²) < 4.78 is 41.1. The Morgan fingerprint density at radius 3 is 2.47 bits per heavy atom. The number of fused-ring (bicyclic) bond motifs is 3. The molecule has 3 N–H and O–H groups in total. The maximum absolute atomic E-state index is 14.7. The molecule has 1 aromatic carbocycles. The number of hydrogen-bond acceptors (Lipinski definition) is 12. The van der Waals surface area contributed by atoms with Crippen LogP contribution < -0.4 is 20.1 Å². The van der Waals surface area contributed by atoms with Crippen LogP contribution in [0.5, 0.6) is 5.88 Å². The van der Waals surface area contributed by atoms with E-state index in [0.717, 1.165) is 49.0 Å². The zero-order valence-corrected chi connectivity index (χ0v) is 34.3. The lowest BCUT2D eigenvalue weighted by molar-refractivity contribution is -0.141. The van der Waals surface area contributed by atoms with Gasteiger partial charge in [0, 0.05) is 18.5 Å². The van der Waals surface area contributed by atoms with Crippen molar-refractivity contribution in [2.75, 3.05) is 6.54 Å². The number of rotatable bonds is 8. The van der Waals surface area contributed by atoms with Gasteiger partial charge in [-0.3, -0.25) is 14.4 Å². The number of para-hydroxylation sites is 2. The molecule has 59 heavy (non-hydrogen) atoms. The number of allylic oxidation sites excluding steroid dienone is 1. The van der Waals surface area contributed by atoms with Crippen molar-refractivity contribution in [2.45, 2.75) is 112 Å². The fraction of sp³-hybridized carbons (Fsp3) is 0.452. The molecule has 1 unspecified atom stereocenters. The first-order chi connectivity index (χ1) is 28.5. The number of nitrogens with one attached hydrogen (secondary N) is 3. The number of benzene rings is 1. The van der Waals surface area contributed by atoms with E-state index in [1.54, 1.807) is 13.0 Å². The smallest absolute Gasteiger partial charge is 0.408 e. The third-order valence-electron chi connectivity index (χ3n) is 11.5. The Morgan fingerprint density at radius 1 is 0.949 bits per heavy atom. The van der Waals surface area contributed by atoms with Gasteiger partial charge in [0.05, 0.1) is 22.5 Å². The molecular formula is C42H47N7O8S2. The maximum atomic E-state index is 14.7. The first-order valence-corrected chi connectivity index (χ1v) is 22.6. The van der Waals surface area contributed by atoms with Crippen LogP contribution in [0.4, 0.5) is 4.79 Å². The third-order valence-corrected chi connectivity index (χ3v) is 13.6. The molecule has 15 nitrogen and oxygen atoms in total. The van der Waals surface area contributed by atoms with Gasteiger partial charge in [0.2, 0.25) is 17.7 Å². The van der Waals surface area contributed by atoms with Gasteiger partial charge in [0.1, 0.15) is 35.5 Å². The number of ether oxygens (including phenoxy) is 2. The fourth-order valence-electron chi connectivity index (χ4n) is 8.18. The Morgan fingerprint density at radius 2 is 1.73 bits per heavy atom. The highest BCUT2D eigenvalue weighted by Crippen LogP contribution is 2.46. The van der Waals surface area contributed by atoms with Crippen LogP contribution in [0.15, 0.2) is 77.3 Å². The van der Waals surface area contributed by atoms with Crippen molar-refractivity contribution in [3.63, 3.8) is 0 Å². The van der Waals surface area contributed by atoms with Crippen LogP contribution >= 0.6 is 11.3 Å². The SMILES string of the molecule is Cc1ccc(S(=O)(=O)NC(=O)[C@@]23CC2/C=C\CCCCC[C@H](NC(=O)OC2CCCC2)C(=O)N2C[C@H](Oc4nc5ccccc5nc4-c4cccs4)C[C@H]2C(=O)N3)nc1. The van der Waals surface area contributed by atoms with E-state index in [-0.39, 0.29) is 36.4 Å². The first-order valence-electron chi connectivity index (χ1n) is 20.2. The van der Waals surface area contributed by atoms with Gasteiger partial charge >= 0.3 is 6.09 Å². The van der Waals surface area contributed by atoms with Gasteiger partial charge in [-0.15, -0.1) is 11.3 Å². The predicted octanol–water partition coefficient (Wildman–Crippen LogP) is 5.35. The van der Waals surface area contributed by atoms with Gasteiger partial charge < -0.3 is 25.0 Å². The van der Waals surface area contributed by atoms with Crippen molar-refractivity contribution >= 4 is 56.2 Å². The molecule has 310 valence electrons. The lowest BCUT2D eigenvalue weighted by atomic mass is 10.0. The molecule has 0 radical (unpaired) electrons. The van der Waals surface area contributed by atoms with Gasteiger partial charge in [-0.2, -0.15) is 8.42 Å². The average molecular weight is 842 g/mol. The van der Waals surface area contributed by atoms with Crippen LogP contribution in [0.3, 0.4) is 0 Å². The zero-order valence-electron chi connectivity index (χ0n) is 32.7. The molecule has 5 heterocycles. The van der Waals surface area contributed by atoms with E-state index >= 15 is 0 Å². The van der Waals surface area contributed by atoms with E-state index in [9.17, 15) is 27.6 Å². The number of amides is 4. The van der Waals surface area contributed by atoms with Crippen molar-refractivity contribution in [3.8, 4) is 16.5 Å². The van der Waals surface area contributed by atoms with E-state index in [1.165, 1.54) is 28.5 Å². The second-order valence-corrected chi connectivity index (χ2v) is 18.4. The Hall–Kier alpha value is -5.42. The van der Waals surface area contributed by atoms with Crippen molar-refractivity contribution in [2.24, 2.45) is 5.92 Å². The molecule has 3 fully saturated rings. The summed E-state index contributed by atoms with van der Waals surface area (Å²) in [5.41, 5.74) is 0.920. The molecule has 0 spiro atoms. The number of nitrogens with zero attached hydrogens (tertiary/aromatic N) is 4. The number of hydrogen-bond donors (Lipinski definition) is 3. The van der Waals surface area contributed by atoms with Gasteiger partial charge in [-0.25, -0.2) is 24.5 Å². The Labute approximate surface area is 346 Å². The molecule has 0 bridgehead atoms. The minimum atomic E-state index is -4.39. The van der Waals surface area contributed by atoms with Crippen LogP contribution in [-0.2, 0) is 29.1 Å². The Balaban J connectivity index is 1.11. The van der Waals surface area contributed by atoms with Crippen molar-refractivity contribution in [1.82, 2.24) is 35.2 Å². The summed E-state index contributed by atoms with van der Waals surface area (Å²) in [6, 6.07) is 11.9. The number of sulfonamides is 1. The molecule has 3 aromatic heterocycles. The third kappa shape index (κ3) is 8.95. The van der Waals surface area contributed by atoms with Crippen LogP contribution in [0, 0.1) is 12.8 Å². The first kappa shape index (κ1) is 40.4. The number of carbonyl (C=O) groups is 4. The largest absolute Gasteiger partial charge is 0.471 e. The number of pyridine rings is 1. The molecular weight excluding hydrogens is 795 g/mol. The highest BCUT2D eigenvalue weighted by atomic mass is 32.2. The van der Waals surface area contributed by atoms with Gasteiger partial charge in [0.25, 0.3) is 15.9 Å². The molecule has 5 atom stereocenters. The molecule has 2 aliphatic heterocycles. The number of alkyl carbamates (subject to hydrolysis) is 1. The van der Waals surface area contributed by atoms with Crippen LogP contribution in [-0.4, -0.2) is 88.5 Å². The number of carbonyl (C=O) groups excluding carboxylic acids is 4. The summed E-state index contributed by atoms with van der Waals surface area (Å²) in [7, 11) is -4.39. The van der Waals surface area contributed by atoms with E-state index in [4.69, 9.17) is 19.4 Å². The van der Waals surface area contributed by atoms with Gasteiger partial charge in [0.15, 0.2) is 5.03 Å². The molecule has 4 aromatic rings.